The predicted octanol–water partition coefficient (Wildman–Crippen LogP) is 10.1. The zero-order valence-corrected chi connectivity index (χ0v) is 26.9. The van der Waals surface area contributed by atoms with Crippen LogP contribution in [0.3, 0.4) is 0 Å². The Labute approximate surface area is 274 Å². The van der Waals surface area contributed by atoms with E-state index in [1.54, 1.807) is 6.07 Å². The topological polar surface area (TPSA) is 15.7 Å². The van der Waals surface area contributed by atoms with Gasteiger partial charge in [0.25, 0.3) is 0 Å². The molecular weight excluding hydrogens is 616 g/mol. The average Bonchev–Trinajstić information content (AvgIpc) is 3.02. The summed E-state index contributed by atoms with van der Waals surface area (Å²) in [5, 5.41) is 1.91. The van der Waals surface area contributed by atoms with Crippen molar-refractivity contribution in [1.82, 2.24) is 4.90 Å². The smallest absolute Gasteiger partial charge is 0.417 e. The molecule has 0 bridgehead atoms. The molecule has 3 nitrogen and oxygen atoms in total. The third-order valence-corrected chi connectivity index (χ3v) is 8.29. The van der Waals surface area contributed by atoms with Crippen molar-refractivity contribution in [3.63, 3.8) is 0 Å². The number of benzene rings is 5. The van der Waals surface area contributed by atoms with Crippen molar-refractivity contribution in [3.05, 3.63) is 143 Å². The molecule has 45 heavy (non-hydrogen) atoms. The first-order chi connectivity index (χ1) is 21.2. The molecule has 0 aliphatic heterocycles. The number of halogens is 5. The Morgan fingerprint density at radius 3 is 1.96 bits per heavy atom. The number of anilines is 1. The zero-order chi connectivity index (χ0) is 31.1. The summed E-state index contributed by atoms with van der Waals surface area (Å²) in [5.41, 5.74) is 3.04. The molecular formula is C37H37Cl2F3N2O. The SMILES string of the molecule is CN(C)c1cccc2c(OCCCN(Cc3cccc(C(F)(F)F)c3Cl)CC(c3ccccc3)c3ccccc3)cccc12.Cl. The lowest BCUT2D eigenvalue weighted by atomic mass is 9.90. The van der Waals surface area contributed by atoms with E-state index in [4.69, 9.17) is 16.3 Å². The van der Waals surface area contributed by atoms with Gasteiger partial charge in [0.2, 0.25) is 0 Å². The van der Waals surface area contributed by atoms with Gasteiger partial charge in [-0.1, -0.05) is 109 Å². The minimum Gasteiger partial charge on any atom is -0.493 e. The quantitative estimate of drug-likeness (QED) is 0.125. The van der Waals surface area contributed by atoms with Gasteiger partial charge in [0, 0.05) is 56.1 Å². The molecule has 0 N–H and O–H groups in total. The minimum atomic E-state index is -4.52. The van der Waals surface area contributed by atoms with Crippen LogP contribution in [-0.2, 0) is 12.7 Å². The van der Waals surface area contributed by atoms with Crippen LogP contribution in [-0.4, -0.2) is 38.7 Å². The van der Waals surface area contributed by atoms with Crippen molar-refractivity contribution in [2.75, 3.05) is 38.7 Å². The summed E-state index contributed by atoms with van der Waals surface area (Å²) >= 11 is 6.37. The Bertz CT molecular complexity index is 1620. The number of ether oxygens (including phenoxy) is 1. The number of fused-ring (bicyclic) bond motifs is 1. The maximum atomic E-state index is 13.7. The molecule has 5 rings (SSSR count). The third-order valence-electron chi connectivity index (χ3n) is 7.84. The lowest BCUT2D eigenvalue weighted by Crippen LogP contribution is -2.31. The highest BCUT2D eigenvalue weighted by atomic mass is 35.5. The van der Waals surface area contributed by atoms with Crippen molar-refractivity contribution >= 4 is 40.5 Å². The molecule has 0 radical (unpaired) electrons. The monoisotopic (exact) mass is 652 g/mol. The lowest BCUT2D eigenvalue weighted by molar-refractivity contribution is -0.137. The van der Waals surface area contributed by atoms with E-state index in [1.807, 2.05) is 68.7 Å². The van der Waals surface area contributed by atoms with E-state index in [0.29, 0.717) is 31.7 Å². The van der Waals surface area contributed by atoms with Gasteiger partial charge in [0.1, 0.15) is 5.75 Å². The molecule has 0 saturated carbocycles. The van der Waals surface area contributed by atoms with Crippen LogP contribution in [0.5, 0.6) is 5.75 Å². The zero-order valence-electron chi connectivity index (χ0n) is 25.3. The maximum Gasteiger partial charge on any atom is 0.417 e. The fraction of sp³-hybridized carbons (Fsp3) is 0.243. The van der Waals surface area contributed by atoms with Crippen LogP contribution < -0.4 is 9.64 Å². The minimum absolute atomic E-state index is 0. The fourth-order valence-electron chi connectivity index (χ4n) is 5.68. The molecule has 5 aromatic carbocycles. The Morgan fingerprint density at radius 1 is 0.733 bits per heavy atom. The molecule has 0 amide bonds. The summed E-state index contributed by atoms with van der Waals surface area (Å²) in [5.74, 6) is 0.829. The van der Waals surface area contributed by atoms with Crippen LogP contribution >= 0.6 is 24.0 Å². The molecule has 0 unspecified atom stereocenters. The van der Waals surface area contributed by atoms with Gasteiger partial charge in [0.15, 0.2) is 0 Å². The molecule has 5 aromatic rings. The van der Waals surface area contributed by atoms with Gasteiger partial charge in [-0.05, 0) is 41.3 Å². The molecule has 0 saturated heterocycles. The van der Waals surface area contributed by atoms with Crippen molar-refractivity contribution < 1.29 is 17.9 Å². The highest BCUT2D eigenvalue weighted by Crippen LogP contribution is 2.37. The summed E-state index contributed by atoms with van der Waals surface area (Å²) in [6.07, 6.45) is -3.84. The van der Waals surface area contributed by atoms with E-state index in [2.05, 4.69) is 52.3 Å². The molecule has 236 valence electrons. The van der Waals surface area contributed by atoms with E-state index in [-0.39, 0.29) is 29.9 Å². The standard InChI is InChI=1S/C37H36ClF3N2O.ClH/c1-42(2)34-21-10-19-31-30(34)18-11-22-35(31)44-24-12-23-43(25-29-17-9-20-33(36(29)38)37(39,40)41)26-32(27-13-5-3-6-14-27)28-15-7-4-8-16-28;/h3-11,13-22,32H,12,23-26H2,1-2H3;1H. The Hall–Kier alpha value is -3.71. The van der Waals surface area contributed by atoms with Crippen molar-refractivity contribution in [2.24, 2.45) is 0 Å². The van der Waals surface area contributed by atoms with Gasteiger partial charge in [-0.25, -0.2) is 0 Å². The Morgan fingerprint density at radius 2 is 1.33 bits per heavy atom. The van der Waals surface area contributed by atoms with Gasteiger partial charge in [0.05, 0.1) is 17.2 Å². The second-order valence-corrected chi connectivity index (χ2v) is 11.5. The van der Waals surface area contributed by atoms with E-state index in [1.165, 1.54) is 6.07 Å². The van der Waals surface area contributed by atoms with Gasteiger partial charge < -0.3 is 9.64 Å². The molecule has 0 aliphatic carbocycles. The lowest BCUT2D eigenvalue weighted by Gasteiger charge is -2.29. The number of hydrogen-bond donors (Lipinski definition) is 0. The van der Waals surface area contributed by atoms with Crippen LogP contribution in [0.4, 0.5) is 18.9 Å². The van der Waals surface area contributed by atoms with Crippen molar-refractivity contribution in [3.8, 4) is 5.75 Å². The number of alkyl halides is 3. The van der Waals surface area contributed by atoms with E-state index < -0.39 is 11.7 Å². The molecule has 0 aliphatic rings. The highest BCUT2D eigenvalue weighted by molar-refractivity contribution is 6.32. The molecule has 0 heterocycles. The number of rotatable bonds is 12. The molecule has 8 heteroatoms. The largest absolute Gasteiger partial charge is 0.493 e. The summed E-state index contributed by atoms with van der Waals surface area (Å²) in [7, 11) is 4.04. The fourth-order valence-corrected chi connectivity index (χ4v) is 5.97. The van der Waals surface area contributed by atoms with Crippen LogP contribution in [0.1, 0.15) is 34.6 Å². The Balaban J connectivity index is 0.00000461. The second kappa shape index (κ2) is 15.5. The van der Waals surface area contributed by atoms with E-state index >= 15 is 0 Å². The van der Waals surface area contributed by atoms with Crippen LogP contribution in [0.25, 0.3) is 10.8 Å². The van der Waals surface area contributed by atoms with Crippen LogP contribution in [0, 0.1) is 0 Å². The first-order valence-corrected chi connectivity index (χ1v) is 15.1. The highest BCUT2D eigenvalue weighted by Gasteiger charge is 2.34. The molecule has 0 fully saturated rings. The predicted molar refractivity (Wildman–Crippen MR) is 182 cm³/mol. The summed E-state index contributed by atoms with van der Waals surface area (Å²) in [6, 6.07) is 36.8. The average molecular weight is 654 g/mol. The van der Waals surface area contributed by atoms with E-state index in [9.17, 15) is 13.2 Å². The van der Waals surface area contributed by atoms with Crippen molar-refractivity contribution in [1.29, 1.82) is 0 Å². The third kappa shape index (κ3) is 8.51. The van der Waals surface area contributed by atoms with Crippen LogP contribution in [0.2, 0.25) is 5.02 Å². The molecule has 0 aromatic heterocycles. The van der Waals surface area contributed by atoms with Gasteiger partial charge in [-0.2, -0.15) is 13.2 Å². The number of hydrogen-bond acceptors (Lipinski definition) is 3. The summed E-state index contributed by atoms with van der Waals surface area (Å²) < 4.78 is 47.4. The van der Waals surface area contributed by atoms with Crippen molar-refractivity contribution in [2.45, 2.75) is 25.1 Å². The van der Waals surface area contributed by atoms with Gasteiger partial charge in [-0.15, -0.1) is 12.4 Å². The normalized spacial score (nSPS) is 11.6. The van der Waals surface area contributed by atoms with Crippen LogP contribution in [0.15, 0.2) is 115 Å². The first kappa shape index (κ1) is 34.2. The Kier molecular flexibility index (Phi) is 11.8. The second-order valence-electron chi connectivity index (χ2n) is 11.1. The summed E-state index contributed by atoms with van der Waals surface area (Å²) in [6.45, 7) is 1.94. The summed E-state index contributed by atoms with van der Waals surface area (Å²) in [4.78, 5) is 4.27. The van der Waals surface area contributed by atoms with Gasteiger partial charge in [-0.3, -0.25) is 4.90 Å². The van der Waals surface area contributed by atoms with Gasteiger partial charge >= 0.3 is 6.18 Å². The number of nitrogens with zero attached hydrogens (tertiary/aromatic N) is 2. The molecule has 0 atom stereocenters. The maximum absolute atomic E-state index is 13.7. The first-order valence-electron chi connectivity index (χ1n) is 14.7. The molecule has 0 spiro atoms. The van der Waals surface area contributed by atoms with E-state index in [0.717, 1.165) is 39.4 Å².